The smallest absolute Gasteiger partial charge is 0.267 e. The summed E-state index contributed by atoms with van der Waals surface area (Å²) in [4.78, 5) is 7.21. The number of hydrogen-bond donors (Lipinski definition) is 2. The summed E-state index contributed by atoms with van der Waals surface area (Å²) >= 11 is 0. The number of hydrogen-bond acceptors (Lipinski definition) is 7. The van der Waals surface area contributed by atoms with Gasteiger partial charge in [0.1, 0.15) is 24.0 Å². The Labute approximate surface area is 203 Å². The fourth-order valence-corrected chi connectivity index (χ4v) is 5.15. The monoisotopic (exact) mass is 519 g/mol. The van der Waals surface area contributed by atoms with E-state index in [1.807, 2.05) is 11.6 Å². The summed E-state index contributed by atoms with van der Waals surface area (Å²) in [6, 6.07) is 2.51. The van der Waals surface area contributed by atoms with Crippen molar-refractivity contribution in [3.63, 3.8) is 0 Å². The van der Waals surface area contributed by atoms with E-state index >= 15 is 4.39 Å². The number of nitrogens with zero attached hydrogens (tertiary/aromatic N) is 3. The van der Waals surface area contributed by atoms with Gasteiger partial charge in [-0.25, -0.2) is 31.6 Å². The maximum absolute atomic E-state index is 15.3. The van der Waals surface area contributed by atoms with E-state index in [4.69, 9.17) is 9.47 Å². The van der Waals surface area contributed by atoms with Gasteiger partial charge in [0.05, 0.1) is 36.4 Å². The van der Waals surface area contributed by atoms with Crippen molar-refractivity contribution in [3.05, 3.63) is 64.9 Å². The van der Waals surface area contributed by atoms with Gasteiger partial charge in [0.15, 0.2) is 16.4 Å². The lowest BCUT2D eigenvalue weighted by Gasteiger charge is -2.15. The number of halogens is 3. The number of aromatic nitrogens is 4. The van der Waals surface area contributed by atoms with Crippen molar-refractivity contribution in [2.24, 2.45) is 0 Å². The van der Waals surface area contributed by atoms with Crippen LogP contribution >= 0.6 is 0 Å². The average Bonchev–Trinajstić information content (AvgIpc) is 3.62. The molecule has 0 aliphatic heterocycles. The lowest BCUT2D eigenvalue weighted by Crippen LogP contribution is -2.17. The van der Waals surface area contributed by atoms with E-state index in [0.717, 1.165) is 54.9 Å². The highest BCUT2D eigenvalue weighted by molar-refractivity contribution is 7.92. The molecule has 9 nitrogen and oxygen atoms in total. The molecule has 0 saturated heterocycles. The number of H-pyrrole nitrogens is 1. The number of ether oxygens (including phenoxy) is 2. The number of methoxy groups -OCH3 is 1. The Morgan fingerprint density at radius 2 is 1.94 bits per heavy atom. The van der Waals surface area contributed by atoms with Crippen molar-refractivity contribution >= 4 is 26.7 Å². The van der Waals surface area contributed by atoms with Crippen molar-refractivity contribution in [2.45, 2.75) is 37.2 Å². The lowest BCUT2D eigenvalue weighted by molar-refractivity contribution is 0.289. The van der Waals surface area contributed by atoms with E-state index in [9.17, 15) is 17.2 Å². The van der Waals surface area contributed by atoms with Gasteiger partial charge < -0.3 is 9.47 Å². The first-order valence-corrected chi connectivity index (χ1v) is 12.3. The van der Waals surface area contributed by atoms with Crippen LogP contribution in [0.5, 0.6) is 11.6 Å². The molecule has 3 aromatic heterocycles. The molecule has 0 atom stereocenters. The maximum Gasteiger partial charge on any atom is 0.267 e. The van der Waals surface area contributed by atoms with Crippen molar-refractivity contribution < 1.29 is 31.1 Å². The molecule has 1 aliphatic carbocycles. The van der Waals surface area contributed by atoms with Crippen LogP contribution in [0.3, 0.4) is 0 Å². The van der Waals surface area contributed by atoms with E-state index in [-0.39, 0.29) is 11.8 Å². The number of rotatable bonds is 8. The molecule has 0 radical (unpaired) electrons. The third-order valence-electron chi connectivity index (χ3n) is 5.83. The predicted octanol–water partition coefficient (Wildman–Crippen LogP) is 4.34. The molecule has 0 spiro atoms. The van der Waals surface area contributed by atoms with Gasteiger partial charge in [-0.15, -0.1) is 0 Å². The number of nitrogens with one attached hydrogen (secondary N) is 2. The average molecular weight is 520 g/mol. The van der Waals surface area contributed by atoms with Gasteiger partial charge >= 0.3 is 0 Å². The van der Waals surface area contributed by atoms with Crippen LogP contribution in [-0.2, 0) is 16.6 Å². The molecular formula is C23H20F3N5O4S. The molecule has 1 aliphatic rings. The molecular weight excluding hydrogens is 499 g/mol. The third kappa shape index (κ3) is 4.30. The summed E-state index contributed by atoms with van der Waals surface area (Å²) in [6.45, 7) is 1.30. The summed E-state index contributed by atoms with van der Waals surface area (Å²) < 4.78 is 81.8. The quantitative estimate of drug-likeness (QED) is 0.355. The molecule has 1 fully saturated rings. The zero-order valence-electron chi connectivity index (χ0n) is 19.1. The topological polar surface area (TPSA) is 119 Å². The second-order valence-electron chi connectivity index (χ2n) is 8.29. The number of fused-ring (bicyclic) bond motifs is 1. The Balaban J connectivity index is 1.45. The fourth-order valence-electron chi connectivity index (χ4n) is 3.96. The molecule has 2 N–H and O–H groups in total. The summed E-state index contributed by atoms with van der Waals surface area (Å²) in [6.07, 6.45) is 4.13. The Morgan fingerprint density at radius 3 is 2.67 bits per heavy atom. The number of aryl methyl sites for hydroxylation is 1. The standard InChI is InChI=1S/C23H20F3N5O4S/c1-11-19-20(12-3-4-12)17(9-27-22(19)30-29-11)35-10-14-15(25)5-6-16(21(14)26)31-36(32,33)18-7-13(24)8-28-23(18)34-2/h5-9,12,31H,3-4,10H2,1-2H3,(H,27,29,30). The molecule has 3 heterocycles. The normalized spacial score (nSPS) is 13.7. The molecule has 0 bridgehead atoms. The van der Waals surface area contributed by atoms with Crippen LogP contribution in [0.2, 0.25) is 0 Å². The van der Waals surface area contributed by atoms with Crippen LogP contribution in [0.25, 0.3) is 11.0 Å². The Bertz CT molecular complexity index is 1590. The van der Waals surface area contributed by atoms with E-state index < -0.39 is 50.2 Å². The number of pyridine rings is 2. The Kier molecular flexibility index (Phi) is 5.94. The van der Waals surface area contributed by atoms with Gasteiger partial charge in [-0.3, -0.25) is 9.82 Å². The molecule has 1 aromatic carbocycles. The van der Waals surface area contributed by atoms with Crippen molar-refractivity contribution in [3.8, 4) is 11.6 Å². The van der Waals surface area contributed by atoms with E-state index in [1.165, 1.54) is 6.20 Å². The molecule has 13 heteroatoms. The Hall–Kier alpha value is -3.87. The molecule has 0 unspecified atom stereocenters. The highest BCUT2D eigenvalue weighted by atomic mass is 32.2. The molecule has 1 saturated carbocycles. The summed E-state index contributed by atoms with van der Waals surface area (Å²) in [5.74, 6) is -2.83. The molecule has 0 amide bonds. The zero-order chi connectivity index (χ0) is 25.6. The number of aromatic amines is 1. The van der Waals surface area contributed by atoms with Crippen LogP contribution in [0, 0.1) is 24.4 Å². The van der Waals surface area contributed by atoms with E-state index in [0.29, 0.717) is 17.5 Å². The molecule has 188 valence electrons. The first kappa shape index (κ1) is 23.9. The highest BCUT2D eigenvalue weighted by Crippen LogP contribution is 2.47. The second-order valence-corrected chi connectivity index (χ2v) is 9.94. The number of anilines is 1. The maximum atomic E-state index is 15.3. The van der Waals surface area contributed by atoms with E-state index in [2.05, 4.69) is 20.2 Å². The second kappa shape index (κ2) is 8.97. The third-order valence-corrected chi connectivity index (χ3v) is 7.19. The largest absolute Gasteiger partial charge is 0.487 e. The predicted molar refractivity (Wildman–Crippen MR) is 123 cm³/mol. The summed E-state index contributed by atoms with van der Waals surface area (Å²) in [7, 11) is -3.38. The molecule has 4 aromatic rings. The SMILES string of the molecule is COc1ncc(F)cc1S(=O)(=O)Nc1ccc(F)c(COc2cnc3[nH]nc(C)c3c2C2CC2)c1F. The van der Waals surface area contributed by atoms with E-state index in [1.54, 1.807) is 0 Å². The van der Waals surface area contributed by atoms with Crippen LogP contribution in [0.1, 0.15) is 35.6 Å². The zero-order valence-corrected chi connectivity index (χ0v) is 19.9. The number of sulfonamides is 1. The first-order valence-electron chi connectivity index (χ1n) is 10.8. The summed E-state index contributed by atoms with van der Waals surface area (Å²) in [5.41, 5.74) is 1.15. The van der Waals surface area contributed by atoms with Crippen LogP contribution < -0.4 is 14.2 Å². The minimum absolute atomic E-state index is 0.226. The minimum atomic E-state index is -4.53. The fraction of sp³-hybridized carbons (Fsp3) is 0.261. The van der Waals surface area contributed by atoms with Gasteiger partial charge in [0, 0.05) is 17.0 Å². The van der Waals surface area contributed by atoms with Gasteiger partial charge in [0.2, 0.25) is 5.88 Å². The van der Waals surface area contributed by atoms with Crippen LogP contribution in [0.15, 0.2) is 35.5 Å². The molecule has 36 heavy (non-hydrogen) atoms. The first-order chi connectivity index (χ1) is 17.2. The van der Waals surface area contributed by atoms with Gasteiger partial charge in [-0.1, -0.05) is 0 Å². The van der Waals surface area contributed by atoms with Crippen LogP contribution in [0.4, 0.5) is 18.9 Å². The van der Waals surface area contributed by atoms with Gasteiger partial charge in [0.25, 0.3) is 10.0 Å². The van der Waals surface area contributed by atoms with Crippen molar-refractivity contribution in [1.29, 1.82) is 0 Å². The lowest BCUT2D eigenvalue weighted by atomic mass is 10.1. The van der Waals surface area contributed by atoms with Crippen molar-refractivity contribution in [2.75, 3.05) is 11.8 Å². The van der Waals surface area contributed by atoms with Gasteiger partial charge in [-0.2, -0.15) is 5.10 Å². The number of benzene rings is 1. The summed E-state index contributed by atoms with van der Waals surface area (Å²) in [5, 5.41) is 7.84. The van der Waals surface area contributed by atoms with Crippen LogP contribution in [-0.4, -0.2) is 35.7 Å². The highest BCUT2D eigenvalue weighted by Gasteiger charge is 2.31. The molecule has 5 rings (SSSR count). The van der Waals surface area contributed by atoms with Gasteiger partial charge in [-0.05, 0) is 37.8 Å². The van der Waals surface area contributed by atoms with Crippen molar-refractivity contribution in [1.82, 2.24) is 20.2 Å². The minimum Gasteiger partial charge on any atom is -0.487 e. The Morgan fingerprint density at radius 1 is 1.17 bits per heavy atom.